The van der Waals surface area contributed by atoms with Crippen LogP contribution < -0.4 is 9.46 Å². The molecule has 0 radical (unpaired) electrons. The Labute approximate surface area is 126 Å². The van der Waals surface area contributed by atoms with Crippen molar-refractivity contribution in [2.75, 3.05) is 7.11 Å². The van der Waals surface area contributed by atoms with Gasteiger partial charge in [-0.15, -0.1) is 0 Å². The molecule has 0 aliphatic rings. The number of carboxylic acid groups (broad SMARTS) is 1. The van der Waals surface area contributed by atoms with Gasteiger partial charge in [0.2, 0.25) is 10.0 Å². The van der Waals surface area contributed by atoms with Crippen LogP contribution in [0.15, 0.2) is 33.8 Å². The lowest BCUT2D eigenvalue weighted by molar-refractivity contribution is 0.0695. The van der Waals surface area contributed by atoms with Gasteiger partial charge in [-0.1, -0.05) is 0 Å². The number of methoxy groups -OCH3 is 1. The number of aryl methyl sites for hydroxylation is 1. The van der Waals surface area contributed by atoms with Gasteiger partial charge in [-0.25, -0.2) is 17.9 Å². The van der Waals surface area contributed by atoms with E-state index in [1.165, 1.54) is 38.6 Å². The molecule has 2 aromatic rings. The Morgan fingerprint density at radius 1 is 1.41 bits per heavy atom. The molecule has 0 atom stereocenters. The highest BCUT2D eigenvalue weighted by Crippen LogP contribution is 2.17. The van der Waals surface area contributed by atoms with Crippen LogP contribution in [0.3, 0.4) is 0 Å². The number of nitrogens with one attached hydrogen (secondary N) is 1. The molecule has 0 saturated carbocycles. The highest BCUT2D eigenvalue weighted by atomic mass is 32.2. The predicted molar refractivity (Wildman–Crippen MR) is 75.2 cm³/mol. The van der Waals surface area contributed by atoms with E-state index in [0.717, 1.165) is 0 Å². The highest BCUT2D eigenvalue weighted by molar-refractivity contribution is 7.89. The molecule has 9 heteroatoms. The maximum atomic E-state index is 12.1. The van der Waals surface area contributed by atoms with Crippen LogP contribution in [0.2, 0.25) is 0 Å². The van der Waals surface area contributed by atoms with E-state index in [2.05, 4.69) is 9.71 Å². The van der Waals surface area contributed by atoms with Gasteiger partial charge in [-0.05, 0) is 13.0 Å². The summed E-state index contributed by atoms with van der Waals surface area (Å²) in [5, 5.41) is 8.92. The normalized spacial score (nSPS) is 11.4. The third-order valence-electron chi connectivity index (χ3n) is 2.87. The molecule has 2 aromatic heterocycles. The van der Waals surface area contributed by atoms with Crippen molar-refractivity contribution in [3.63, 3.8) is 0 Å². The van der Waals surface area contributed by atoms with Crippen LogP contribution in [0, 0.1) is 6.92 Å². The molecule has 0 bridgehead atoms. The second-order valence-corrected chi connectivity index (χ2v) is 6.14. The van der Waals surface area contributed by atoms with Crippen LogP contribution in [-0.2, 0) is 16.6 Å². The number of ether oxygens (including phenoxy) is 1. The summed E-state index contributed by atoms with van der Waals surface area (Å²) in [6.07, 6.45) is 2.56. The number of hydrogen-bond donors (Lipinski definition) is 2. The fourth-order valence-corrected chi connectivity index (χ4v) is 2.72. The number of pyridine rings is 1. The molecule has 2 heterocycles. The van der Waals surface area contributed by atoms with E-state index in [1.807, 2.05) is 0 Å². The molecule has 0 aliphatic heterocycles. The number of aromatic nitrogens is 1. The van der Waals surface area contributed by atoms with Crippen LogP contribution in [0.25, 0.3) is 0 Å². The smallest absolute Gasteiger partial charge is 0.339 e. The zero-order valence-electron chi connectivity index (χ0n) is 11.9. The van der Waals surface area contributed by atoms with E-state index >= 15 is 0 Å². The van der Waals surface area contributed by atoms with Crippen molar-refractivity contribution in [2.24, 2.45) is 0 Å². The topological polar surface area (TPSA) is 119 Å². The first-order valence-corrected chi connectivity index (χ1v) is 7.63. The van der Waals surface area contributed by atoms with Gasteiger partial charge >= 0.3 is 5.97 Å². The second kappa shape index (κ2) is 6.16. The molecule has 0 aliphatic carbocycles. The lowest BCUT2D eigenvalue weighted by Crippen LogP contribution is -2.23. The van der Waals surface area contributed by atoms with Gasteiger partial charge in [-0.3, -0.25) is 4.98 Å². The molecular weight excluding hydrogens is 312 g/mol. The van der Waals surface area contributed by atoms with E-state index in [-0.39, 0.29) is 28.5 Å². The van der Waals surface area contributed by atoms with Gasteiger partial charge in [-0.2, -0.15) is 0 Å². The molecule has 8 nitrogen and oxygen atoms in total. The average Bonchev–Trinajstić information content (AvgIpc) is 2.87. The third-order valence-corrected chi connectivity index (χ3v) is 4.24. The zero-order chi connectivity index (χ0) is 16.3. The Bertz CT molecular complexity index is 797. The maximum absolute atomic E-state index is 12.1. The number of furan rings is 1. The molecule has 0 spiro atoms. The first-order valence-electron chi connectivity index (χ1n) is 6.15. The van der Waals surface area contributed by atoms with Crippen molar-refractivity contribution >= 4 is 16.0 Å². The van der Waals surface area contributed by atoms with Gasteiger partial charge in [0, 0.05) is 12.3 Å². The fraction of sp³-hybridized carbons (Fsp3) is 0.231. The summed E-state index contributed by atoms with van der Waals surface area (Å²) in [6.45, 7) is 1.32. The van der Waals surface area contributed by atoms with Crippen molar-refractivity contribution in [3.05, 3.63) is 41.6 Å². The number of nitrogens with zero attached hydrogens (tertiary/aromatic N) is 1. The van der Waals surface area contributed by atoms with Crippen LogP contribution in [-0.4, -0.2) is 31.6 Å². The molecule has 0 unspecified atom stereocenters. The Balaban J connectivity index is 2.16. The number of sulfonamides is 1. The average molecular weight is 326 g/mol. The molecule has 0 fully saturated rings. The Hall–Kier alpha value is -2.39. The zero-order valence-corrected chi connectivity index (χ0v) is 12.7. The van der Waals surface area contributed by atoms with Crippen molar-refractivity contribution < 1.29 is 27.5 Å². The SMILES string of the molecule is COc1cncc(S(=O)(=O)NCc2cc(C(=O)O)c(C)o2)c1. The van der Waals surface area contributed by atoms with Crippen molar-refractivity contribution in [1.29, 1.82) is 0 Å². The quantitative estimate of drug-likeness (QED) is 0.817. The number of carboxylic acids is 1. The first-order chi connectivity index (χ1) is 10.3. The molecule has 2 N–H and O–H groups in total. The van der Waals surface area contributed by atoms with E-state index in [4.69, 9.17) is 14.3 Å². The van der Waals surface area contributed by atoms with E-state index in [9.17, 15) is 13.2 Å². The van der Waals surface area contributed by atoms with E-state index in [1.54, 1.807) is 0 Å². The van der Waals surface area contributed by atoms with Gasteiger partial charge in [0.15, 0.2) is 0 Å². The van der Waals surface area contributed by atoms with Crippen LogP contribution in [0.1, 0.15) is 21.9 Å². The third kappa shape index (κ3) is 3.43. The highest BCUT2D eigenvalue weighted by Gasteiger charge is 2.18. The molecule has 0 saturated heterocycles. The minimum atomic E-state index is -3.81. The van der Waals surface area contributed by atoms with Crippen LogP contribution >= 0.6 is 0 Å². The van der Waals surface area contributed by atoms with Gasteiger partial charge in [0.25, 0.3) is 0 Å². The Kier molecular flexibility index (Phi) is 4.48. The molecule has 0 amide bonds. The first kappa shape index (κ1) is 16.0. The predicted octanol–water partition coefficient (Wildman–Crippen LogP) is 1.17. The lowest BCUT2D eigenvalue weighted by atomic mass is 10.2. The molecule has 2 rings (SSSR count). The molecular formula is C13H14N2O6S. The largest absolute Gasteiger partial charge is 0.495 e. The summed E-state index contributed by atoms with van der Waals surface area (Å²) in [6, 6.07) is 2.61. The summed E-state index contributed by atoms with van der Waals surface area (Å²) in [5.74, 6) is -0.406. The van der Waals surface area contributed by atoms with E-state index < -0.39 is 16.0 Å². The summed E-state index contributed by atoms with van der Waals surface area (Å²) < 4.78 is 36.7. The fourth-order valence-electron chi connectivity index (χ4n) is 1.75. The minimum Gasteiger partial charge on any atom is -0.495 e. The molecule has 22 heavy (non-hydrogen) atoms. The van der Waals surface area contributed by atoms with Crippen molar-refractivity contribution in [3.8, 4) is 5.75 Å². The number of carbonyl (C=O) groups is 1. The number of hydrogen-bond acceptors (Lipinski definition) is 6. The summed E-state index contributed by atoms with van der Waals surface area (Å²) >= 11 is 0. The standard InChI is InChI=1S/C13H14N2O6S/c1-8-12(13(16)17)4-10(21-8)6-15-22(18,19)11-3-9(20-2)5-14-7-11/h3-5,7,15H,6H2,1-2H3,(H,16,17). The maximum Gasteiger partial charge on any atom is 0.339 e. The van der Waals surface area contributed by atoms with Gasteiger partial charge < -0.3 is 14.3 Å². The summed E-state index contributed by atoms with van der Waals surface area (Å²) in [7, 11) is -2.41. The van der Waals surface area contributed by atoms with Gasteiger partial charge in [0.1, 0.15) is 27.7 Å². The van der Waals surface area contributed by atoms with Crippen LogP contribution in [0.4, 0.5) is 0 Å². The summed E-state index contributed by atoms with van der Waals surface area (Å²) in [5.41, 5.74) is -0.00255. The van der Waals surface area contributed by atoms with Gasteiger partial charge in [0.05, 0.1) is 19.9 Å². The van der Waals surface area contributed by atoms with E-state index in [0.29, 0.717) is 5.75 Å². The number of aromatic carboxylic acids is 1. The van der Waals surface area contributed by atoms with Crippen molar-refractivity contribution in [2.45, 2.75) is 18.4 Å². The van der Waals surface area contributed by atoms with Crippen LogP contribution in [0.5, 0.6) is 5.75 Å². The minimum absolute atomic E-state index is 0.00255. The lowest BCUT2D eigenvalue weighted by Gasteiger charge is -2.06. The monoisotopic (exact) mass is 326 g/mol. The summed E-state index contributed by atoms with van der Waals surface area (Å²) in [4.78, 5) is 14.6. The molecule has 0 aromatic carbocycles. The number of rotatable bonds is 6. The molecule has 118 valence electrons. The Morgan fingerprint density at radius 3 is 2.73 bits per heavy atom. The van der Waals surface area contributed by atoms with Crippen molar-refractivity contribution in [1.82, 2.24) is 9.71 Å². The Morgan fingerprint density at radius 2 is 2.14 bits per heavy atom. The second-order valence-electron chi connectivity index (χ2n) is 4.37.